The summed E-state index contributed by atoms with van der Waals surface area (Å²) in [6.07, 6.45) is -1.71. The second-order valence-electron chi connectivity index (χ2n) is 9.32. The number of aryl methyl sites for hydroxylation is 2. The van der Waals surface area contributed by atoms with Crippen molar-refractivity contribution < 1.29 is 23.0 Å². The lowest BCUT2D eigenvalue weighted by Gasteiger charge is -2.17. The van der Waals surface area contributed by atoms with Gasteiger partial charge in [-0.15, -0.1) is 0 Å². The molecule has 4 aromatic rings. The number of allylic oxidation sites excluding steroid dienone is 1. The zero-order valence-electron chi connectivity index (χ0n) is 22.9. The molecule has 3 heterocycles. The number of alkyl halides is 3. The van der Waals surface area contributed by atoms with E-state index in [1.165, 1.54) is 12.3 Å². The number of hydrogen-bond acceptors (Lipinski definition) is 6. The first-order valence-corrected chi connectivity index (χ1v) is 13.0. The third-order valence-electron chi connectivity index (χ3n) is 6.53. The number of aliphatic hydroxyl groups is 1. The van der Waals surface area contributed by atoms with Crippen molar-refractivity contribution in [2.45, 2.75) is 40.1 Å². The summed E-state index contributed by atoms with van der Waals surface area (Å²) >= 11 is 6.56. The van der Waals surface area contributed by atoms with Gasteiger partial charge in [-0.05, 0) is 56.7 Å². The number of para-hydroxylation sites is 1. The number of fused-ring (bicyclic) bond motifs is 1. The highest BCUT2D eigenvalue weighted by molar-refractivity contribution is 6.31. The maximum Gasteiger partial charge on any atom is 0.421 e. The van der Waals surface area contributed by atoms with Crippen LogP contribution in [0.1, 0.15) is 40.7 Å². The van der Waals surface area contributed by atoms with E-state index in [1.807, 2.05) is 26.0 Å². The fraction of sp³-hybridized carbons (Fsp3) is 0.267. The molecular weight excluding hydrogens is 557 g/mol. The molecule has 1 aromatic carbocycles. The molecule has 0 radical (unpaired) electrons. The number of pyridine rings is 3. The average Bonchev–Trinajstić information content (AvgIpc) is 2.91. The van der Waals surface area contributed by atoms with Gasteiger partial charge in [0.2, 0.25) is 0 Å². The standard InChI is InChI=1S/C30H28ClF3N4O3/c1-5-19(15-39)27(35-4)21-12-17(2)37-28-20(21)8-6-10-26(28)41-16-22-24(31)13-18(3)36-25(22)14-38-11-7-9-23(29(38)40)30(32,33)34/h5-13,39H,14-16H2,1-4H3. The van der Waals surface area contributed by atoms with Crippen LogP contribution in [0.3, 0.4) is 0 Å². The highest BCUT2D eigenvalue weighted by Crippen LogP contribution is 2.31. The Labute approximate surface area is 239 Å². The molecule has 0 aliphatic heterocycles. The van der Waals surface area contributed by atoms with Gasteiger partial charge in [-0.1, -0.05) is 29.8 Å². The van der Waals surface area contributed by atoms with Gasteiger partial charge in [0.15, 0.2) is 0 Å². The van der Waals surface area contributed by atoms with Crippen molar-refractivity contribution in [3.05, 3.63) is 109 Å². The maximum atomic E-state index is 13.3. The summed E-state index contributed by atoms with van der Waals surface area (Å²) in [6.45, 7) is 4.87. The minimum Gasteiger partial charge on any atom is -0.486 e. The van der Waals surface area contributed by atoms with Crippen molar-refractivity contribution in [2.75, 3.05) is 13.7 Å². The fourth-order valence-corrected chi connectivity index (χ4v) is 4.92. The Morgan fingerprint density at radius 3 is 2.54 bits per heavy atom. The molecule has 41 heavy (non-hydrogen) atoms. The predicted octanol–water partition coefficient (Wildman–Crippen LogP) is 6.07. The van der Waals surface area contributed by atoms with Crippen molar-refractivity contribution in [1.82, 2.24) is 14.5 Å². The minimum absolute atomic E-state index is 0.0787. The largest absolute Gasteiger partial charge is 0.486 e. The van der Waals surface area contributed by atoms with E-state index in [9.17, 15) is 23.1 Å². The summed E-state index contributed by atoms with van der Waals surface area (Å²) in [7, 11) is 1.65. The predicted molar refractivity (Wildman–Crippen MR) is 153 cm³/mol. The van der Waals surface area contributed by atoms with Crippen molar-refractivity contribution in [2.24, 2.45) is 4.99 Å². The SMILES string of the molecule is CC=C(CO)C(=NC)c1cc(C)nc2c(OCc3c(Cl)cc(C)nc3Cn3cccc(C(F)(F)F)c3=O)cccc12. The average molecular weight is 585 g/mol. The Hall–Kier alpha value is -4.02. The molecule has 0 aliphatic carbocycles. The van der Waals surface area contributed by atoms with Crippen molar-refractivity contribution in [1.29, 1.82) is 0 Å². The van der Waals surface area contributed by atoms with E-state index in [-0.39, 0.29) is 19.8 Å². The first-order chi connectivity index (χ1) is 19.5. The summed E-state index contributed by atoms with van der Waals surface area (Å²) in [4.78, 5) is 26.1. The van der Waals surface area contributed by atoms with Crippen LogP contribution >= 0.6 is 11.6 Å². The van der Waals surface area contributed by atoms with Crippen molar-refractivity contribution in [3.8, 4) is 5.75 Å². The second kappa shape index (κ2) is 12.2. The van der Waals surface area contributed by atoms with Gasteiger partial charge in [-0.2, -0.15) is 13.2 Å². The van der Waals surface area contributed by atoms with Crippen molar-refractivity contribution >= 4 is 28.2 Å². The zero-order chi connectivity index (χ0) is 29.9. The molecule has 0 bridgehead atoms. The molecule has 7 nitrogen and oxygen atoms in total. The van der Waals surface area contributed by atoms with Gasteiger partial charge in [0, 0.05) is 41.1 Å². The molecule has 3 aromatic heterocycles. The minimum atomic E-state index is -4.78. The summed E-state index contributed by atoms with van der Waals surface area (Å²) in [6, 6.07) is 10.9. The Morgan fingerprint density at radius 1 is 1.15 bits per heavy atom. The quantitative estimate of drug-likeness (QED) is 0.254. The third-order valence-corrected chi connectivity index (χ3v) is 6.87. The third kappa shape index (κ3) is 6.34. The summed E-state index contributed by atoms with van der Waals surface area (Å²) in [5.74, 6) is 0.438. The molecule has 0 aliphatic rings. The van der Waals surface area contributed by atoms with Crippen LogP contribution in [0.15, 0.2) is 70.1 Å². The number of nitrogens with zero attached hydrogens (tertiary/aromatic N) is 4. The molecule has 4 rings (SSSR count). The topological polar surface area (TPSA) is 89.6 Å². The first kappa shape index (κ1) is 30.0. The van der Waals surface area contributed by atoms with Gasteiger partial charge < -0.3 is 14.4 Å². The number of hydrogen-bond donors (Lipinski definition) is 1. The van der Waals surface area contributed by atoms with Crippen LogP contribution in [0, 0.1) is 13.8 Å². The van der Waals surface area contributed by atoms with E-state index in [0.717, 1.165) is 21.6 Å². The Bertz CT molecular complexity index is 1730. The summed E-state index contributed by atoms with van der Waals surface area (Å²) in [5.41, 5.74) is 2.17. The molecule has 0 saturated carbocycles. The number of aliphatic hydroxyl groups excluding tert-OH is 1. The normalized spacial score (nSPS) is 12.7. The number of rotatable bonds is 8. The number of benzene rings is 1. The van der Waals surface area contributed by atoms with E-state index in [1.54, 1.807) is 38.2 Å². The zero-order valence-corrected chi connectivity index (χ0v) is 23.6. The van der Waals surface area contributed by atoms with Crippen LogP contribution in [0.2, 0.25) is 5.02 Å². The molecule has 1 N–H and O–H groups in total. The molecule has 0 amide bonds. The van der Waals surface area contributed by atoms with Crippen molar-refractivity contribution in [3.63, 3.8) is 0 Å². The van der Waals surface area contributed by atoms with Crippen LogP contribution in [0.25, 0.3) is 10.9 Å². The monoisotopic (exact) mass is 584 g/mol. The second-order valence-corrected chi connectivity index (χ2v) is 9.73. The lowest BCUT2D eigenvalue weighted by atomic mass is 9.97. The number of aliphatic imine (C=N–C) groups is 1. The fourth-order valence-electron chi connectivity index (χ4n) is 4.59. The molecule has 0 saturated heterocycles. The van der Waals surface area contributed by atoms with E-state index >= 15 is 0 Å². The molecule has 0 atom stereocenters. The van der Waals surface area contributed by atoms with Crippen LogP contribution in [0.4, 0.5) is 13.2 Å². The van der Waals surface area contributed by atoms with Gasteiger partial charge in [0.05, 0.1) is 29.6 Å². The lowest BCUT2D eigenvalue weighted by molar-refractivity contribution is -0.138. The molecular formula is C30H28ClF3N4O3. The molecule has 0 fully saturated rings. The van der Waals surface area contributed by atoms with E-state index in [0.29, 0.717) is 50.2 Å². The summed E-state index contributed by atoms with van der Waals surface area (Å²) in [5, 5.41) is 10.9. The maximum absolute atomic E-state index is 13.3. The number of ether oxygens (including phenoxy) is 1. The van der Waals surface area contributed by atoms with Gasteiger partial charge >= 0.3 is 6.18 Å². The Morgan fingerprint density at radius 2 is 1.88 bits per heavy atom. The highest BCUT2D eigenvalue weighted by atomic mass is 35.5. The lowest BCUT2D eigenvalue weighted by Crippen LogP contribution is -2.29. The Balaban J connectivity index is 1.75. The van der Waals surface area contributed by atoms with Crippen LogP contribution in [-0.2, 0) is 19.3 Å². The van der Waals surface area contributed by atoms with Crippen LogP contribution < -0.4 is 10.3 Å². The molecule has 214 valence electrons. The smallest absolute Gasteiger partial charge is 0.421 e. The molecule has 0 unspecified atom stereocenters. The summed E-state index contributed by atoms with van der Waals surface area (Å²) < 4.78 is 47.1. The Kier molecular flexibility index (Phi) is 8.94. The molecule has 0 spiro atoms. The van der Waals surface area contributed by atoms with Gasteiger partial charge in [-0.3, -0.25) is 14.8 Å². The first-order valence-electron chi connectivity index (χ1n) is 12.7. The van der Waals surface area contributed by atoms with Crippen LogP contribution in [-0.4, -0.2) is 39.0 Å². The van der Waals surface area contributed by atoms with Crippen LogP contribution in [0.5, 0.6) is 5.75 Å². The van der Waals surface area contributed by atoms with Gasteiger partial charge in [0.25, 0.3) is 5.56 Å². The highest BCUT2D eigenvalue weighted by Gasteiger charge is 2.34. The van der Waals surface area contributed by atoms with E-state index in [4.69, 9.17) is 16.3 Å². The number of aromatic nitrogens is 3. The number of halogens is 4. The van der Waals surface area contributed by atoms with Gasteiger partial charge in [-0.25, -0.2) is 4.98 Å². The molecule has 11 heteroatoms. The van der Waals surface area contributed by atoms with Gasteiger partial charge in [0.1, 0.15) is 23.4 Å². The van der Waals surface area contributed by atoms with E-state index < -0.39 is 17.3 Å². The van der Waals surface area contributed by atoms with E-state index in [2.05, 4.69) is 15.0 Å².